The van der Waals surface area contributed by atoms with Crippen molar-refractivity contribution in [3.8, 4) is 0 Å². The minimum atomic E-state index is -0.196. The largest absolute Gasteiger partial charge is 0.392 e. The molecule has 0 bridgehead atoms. The third kappa shape index (κ3) is 3.93. The highest BCUT2D eigenvalue weighted by Crippen LogP contribution is 2.18. The number of hydrogen-bond donors (Lipinski definition) is 2. The van der Waals surface area contributed by atoms with Crippen LogP contribution in [0.5, 0.6) is 0 Å². The molecule has 3 rings (SSSR count). The van der Waals surface area contributed by atoms with Crippen molar-refractivity contribution in [2.24, 2.45) is 0 Å². The first kappa shape index (κ1) is 14.3. The van der Waals surface area contributed by atoms with E-state index >= 15 is 0 Å². The van der Waals surface area contributed by atoms with Crippen molar-refractivity contribution in [2.75, 3.05) is 0 Å². The van der Waals surface area contributed by atoms with Crippen molar-refractivity contribution in [1.29, 1.82) is 0 Å². The molecular weight excluding hydrogens is 262 g/mol. The standard InChI is InChI=1S/C17H23N3O/c21-17-9-5-4-8-16(17)18-10-15-11-19-20(13-15)12-14-6-2-1-3-7-14/h1-3,6-7,11,13,16-18,21H,4-5,8-10,12H2. The van der Waals surface area contributed by atoms with Gasteiger partial charge in [-0.25, -0.2) is 0 Å². The van der Waals surface area contributed by atoms with Crippen LogP contribution in [0.25, 0.3) is 0 Å². The average Bonchev–Trinajstić information content (AvgIpc) is 2.95. The Labute approximate surface area is 125 Å². The van der Waals surface area contributed by atoms with Gasteiger partial charge in [0.05, 0.1) is 18.8 Å². The summed E-state index contributed by atoms with van der Waals surface area (Å²) in [6.45, 7) is 1.57. The summed E-state index contributed by atoms with van der Waals surface area (Å²) >= 11 is 0. The Balaban J connectivity index is 1.53. The lowest BCUT2D eigenvalue weighted by Crippen LogP contribution is -2.41. The van der Waals surface area contributed by atoms with Crippen molar-refractivity contribution in [2.45, 2.75) is 50.9 Å². The van der Waals surface area contributed by atoms with Crippen LogP contribution in [0.4, 0.5) is 0 Å². The van der Waals surface area contributed by atoms with Crippen molar-refractivity contribution in [1.82, 2.24) is 15.1 Å². The van der Waals surface area contributed by atoms with Gasteiger partial charge in [0.15, 0.2) is 0 Å². The van der Waals surface area contributed by atoms with Gasteiger partial charge in [-0.1, -0.05) is 43.2 Å². The molecule has 0 spiro atoms. The van der Waals surface area contributed by atoms with E-state index in [0.717, 1.165) is 32.4 Å². The van der Waals surface area contributed by atoms with Gasteiger partial charge >= 0.3 is 0 Å². The van der Waals surface area contributed by atoms with E-state index in [2.05, 4.69) is 28.7 Å². The van der Waals surface area contributed by atoms with Crippen LogP contribution in [0.1, 0.15) is 36.8 Å². The Bertz CT molecular complexity index is 552. The molecule has 1 saturated carbocycles. The molecule has 1 heterocycles. The molecule has 0 radical (unpaired) electrons. The molecule has 21 heavy (non-hydrogen) atoms. The first-order valence-corrected chi connectivity index (χ1v) is 7.78. The fraction of sp³-hybridized carbons (Fsp3) is 0.471. The van der Waals surface area contributed by atoms with E-state index in [1.165, 1.54) is 17.5 Å². The molecule has 0 aliphatic heterocycles. The van der Waals surface area contributed by atoms with Gasteiger partial charge in [-0.15, -0.1) is 0 Å². The zero-order valence-corrected chi connectivity index (χ0v) is 12.3. The van der Waals surface area contributed by atoms with E-state index in [-0.39, 0.29) is 12.1 Å². The van der Waals surface area contributed by atoms with E-state index in [1.54, 1.807) is 0 Å². The minimum absolute atomic E-state index is 0.196. The van der Waals surface area contributed by atoms with Crippen molar-refractivity contribution < 1.29 is 5.11 Å². The highest BCUT2D eigenvalue weighted by atomic mass is 16.3. The zero-order chi connectivity index (χ0) is 14.5. The Hall–Kier alpha value is -1.65. The maximum atomic E-state index is 9.96. The quantitative estimate of drug-likeness (QED) is 0.886. The topological polar surface area (TPSA) is 50.1 Å². The molecule has 1 fully saturated rings. The first-order chi connectivity index (χ1) is 10.3. The van der Waals surface area contributed by atoms with E-state index in [0.29, 0.717) is 0 Å². The summed E-state index contributed by atoms with van der Waals surface area (Å²) in [5.41, 5.74) is 2.42. The summed E-state index contributed by atoms with van der Waals surface area (Å²) in [6, 6.07) is 10.6. The molecular formula is C17H23N3O. The second kappa shape index (κ2) is 6.87. The van der Waals surface area contributed by atoms with Crippen molar-refractivity contribution in [3.05, 3.63) is 53.9 Å². The van der Waals surface area contributed by atoms with Crippen LogP contribution < -0.4 is 5.32 Å². The third-order valence-corrected chi connectivity index (χ3v) is 4.17. The summed E-state index contributed by atoms with van der Waals surface area (Å²) in [7, 11) is 0. The molecule has 2 N–H and O–H groups in total. The first-order valence-electron chi connectivity index (χ1n) is 7.78. The Morgan fingerprint density at radius 2 is 1.95 bits per heavy atom. The highest BCUT2D eigenvalue weighted by molar-refractivity contribution is 5.15. The number of hydrogen-bond acceptors (Lipinski definition) is 3. The number of nitrogens with zero attached hydrogens (tertiary/aromatic N) is 2. The normalized spacial score (nSPS) is 22.3. The molecule has 1 aliphatic rings. The highest BCUT2D eigenvalue weighted by Gasteiger charge is 2.22. The number of aliphatic hydroxyl groups is 1. The average molecular weight is 285 g/mol. The Morgan fingerprint density at radius 1 is 1.14 bits per heavy atom. The predicted octanol–water partition coefficient (Wildman–Crippen LogP) is 2.32. The van der Waals surface area contributed by atoms with Crippen LogP contribution in [0.15, 0.2) is 42.7 Å². The van der Waals surface area contributed by atoms with Gasteiger partial charge in [0.2, 0.25) is 0 Å². The number of aromatic nitrogens is 2. The van der Waals surface area contributed by atoms with E-state index in [1.807, 2.05) is 29.1 Å². The zero-order valence-electron chi connectivity index (χ0n) is 12.3. The fourth-order valence-corrected chi connectivity index (χ4v) is 2.95. The van der Waals surface area contributed by atoms with Crippen LogP contribution in [-0.4, -0.2) is 27.0 Å². The molecule has 1 aliphatic carbocycles. The molecule has 2 aromatic rings. The maximum absolute atomic E-state index is 9.96. The maximum Gasteiger partial charge on any atom is 0.0693 e. The Morgan fingerprint density at radius 3 is 2.76 bits per heavy atom. The number of aliphatic hydroxyl groups excluding tert-OH is 1. The lowest BCUT2D eigenvalue weighted by atomic mass is 9.92. The van der Waals surface area contributed by atoms with Gasteiger partial charge in [-0.2, -0.15) is 5.10 Å². The second-order valence-corrected chi connectivity index (χ2v) is 5.87. The van der Waals surface area contributed by atoms with Crippen LogP contribution in [0, 0.1) is 0 Å². The monoisotopic (exact) mass is 285 g/mol. The van der Waals surface area contributed by atoms with Crippen LogP contribution in [-0.2, 0) is 13.1 Å². The SMILES string of the molecule is OC1CCCCC1NCc1cnn(Cc2ccccc2)c1. The number of nitrogens with one attached hydrogen (secondary N) is 1. The fourth-order valence-electron chi connectivity index (χ4n) is 2.95. The molecule has 1 aromatic heterocycles. The van der Waals surface area contributed by atoms with Crippen molar-refractivity contribution in [3.63, 3.8) is 0 Å². The van der Waals surface area contributed by atoms with Crippen LogP contribution in [0.3, 0.4) is 0 Å². The van der Waals surface area contributed by atoms with Crippen LogP contribution >= 0.6 is 0 Å². The molecule has 4 nitrogen and oxygen atoms in total. The van der Waals surface area contributed by atoms with Crippen LogP contribution in [0.2, 0.25) is 0 Å². The van der Waals surface area contributed by atoms with E-state index < -0.39 is 0 Å². The molecule has 0 amide bonds. The molecule has 112 valence electrons. The summed E-state index contributed by atoms with van der Waals surface area (Å²) in [5.74, 6) is 0. The molecule has 2 unspecified atom stereocenters. The summed E-state index contributed by atoms with van der Waals surface area (Å²) in [6.07, 6.45) is 8.14. The molecule has 0 saturated heterocycles. The van der Waals surface area contributed by atoms with Crippen molar-refractivity contribution >= 4 is 0 Å². The number of benzene rings is 1. The summed E-state index contributed by atoms with van der Waals surface area (Å²) in [5, 5.41) is 17.8. The number of rotatable bonds is 5. The molecule has 4 heteroatoms. The predicted molar refractivity (Wildman–Crippen MR) is 82.9 cm³/mol. The van der Waals surface area contributed by atoms with Gasteiger partial charge in [0.1, 0.15) is 0 Å². The second-order valence-electron chi connectivity index (χ2n) is 5.87. The lowest BCUT2D eigenvalue weighted by molar-refractivity contribution is 0.0902. The lowest BCUT2D eigenvalue weighted by Gasteiger charge is -2.28. The molecule has 1 aromatic carbocycles. The Kier molecular flexibility index (Phi) is 4.68. The van der Waals surface area contributed by atoms with Gasteiger partial charge in [0, 0.05) is 24.3 Å². The minimum Gasteiger partial charge on any atom is -0.392 e. The molecule has 2 atom stereocenters. The van der Waals surface area contributed by atoms with Gasteiger partial charge in [-0.3, -0.25) is 4.68 Å². The smallest absolute Gasteiger partial charge is 0.0693 e. The third-order valence-electron chi connectivity index (χ3n) is 4.17. The summed E-state index contributed by atoms with van der Waals surface area (Å²) in [4.78, 5) is 0. The van der Waals surface area contributed by atoms with E-state index in [9.17, 15) is 5.11 Å². The van der Waals surface area contributed by atoms with Gasteiger partial charge in [-0.05, 0) is 18.4 Å². The van der Waals surface area contributed by atoms with Gasteiger partial charge < -0.3 is 10.4 Å². The summed E-state index contributed by atoms with van der Waals surface area (Å²) < 4.78 is 1.96. The van der Waals surface area contributed by atoms with E-state index in [4.69, 9.17) is 0 Å². The van der Waals surface area contributed by atoms with Gasteiger partial charge in [0.25, 0.3) is 0 Å².